The van der Waals surface area contributed by atoms with Gasteiger partial charge in [0.1, 0.15) is 11.5 Å². The molecule has 0 spiro atoms. The van der Waals surface area contributed by atoms with Crippen molar-refractivity contribution in [1.82, 2.24) is 10.2 Å². The Morgan fingerprint density at radius 1 is 1.24 bits per heavy atom. The van der Waals surface area contributed by atoms with Gasteiger partial charge in [-0.15, -0.1) is 0 Å². The van der Waals surface area contributed by atoms with Gasteiger partial charge in [-0.3, -0.25) is 4.90 Å². The van der Waals surface area contributed by atoms with Gasteiger partial charge < -0.3 is 9.73 Å². The number of rotatable bonds is 5. The first-order valence-electron chi connectivity index (χ1n) is 7.47. The minimum atomic E-state index is 0.635. The summed E-state index contributed by atoms with van der Waals surface area (Å²) in [4.78, 5) is 2.33. The second kappa shape index (κ2) is 6.77. The van der Waals surface area contributed by atoms with Crippen molar-refractivity contribution < 1.29 is 4.42 Å². The fourth-order valence-corrected chi connectivity index (χ4v) is 3.12. The van der Waals surface area contributed by atoms with Gasteiger partial charge in [-0.2, -0.15) is 0 Å². The second-order valence-corrected chi connectivity index (χ2v) is 6.68. The van der Waals surface area contributed by atoms with E-state index in [9.17, 15) is 0 Å². The lowest BCUT2D eigenvalue weighted by molar-refractivity contribution is 0.270. The van der Waals surface area contributed by atoms with E-state index in [1.165, 1.54) is 12.8 Å². The number of likely N-dealkylation sites (N-methyl/N-ethyl adjacent to an activating group) is 1. The van der Waals surface area contributed by atoms with Crippen LogP contribution in [0.5, 0.6) is 0 Å². The molecule has 1 unspecified atom stereocenters. The predicted molar refractivity (Wildman–Crippen MR) is 89.2 cm³/mol. The largest absolute Gasteiger partial charge is 0.460 e. The van der Waals surface area contributed by atoms with Crippen LogP contribution >= 0.6 is 15.9 Å². The first-order valence-corrected chi connectivity index (χ1v) is 8.26. The number of nitrogens with zero attached hydrogens (tertiary/aromatic N) is 1. The molecular formula is C17H21BrN2O. The Bertz CT molecular complexity index is 573. The monoisotopic (exact) mass is 348 g/mol. The summed E-state index contributed by atoms with van der Waals surface area (Å²) in [6.45, 7) is 3.09. The van der Waals surface area contributed by atoms with Crippen LogP contribution in [0.1, 0.15) is 18.6 Å². The molecule has 1 aromatic heterocycles. The van der Waals surface area contributed by atoms with Crippen LogP contribution < -0.4 is 5.32 Å². The summed E-state index contributed by atoms with van der Waals surface area (Å²) in [6.07, 6.45) is 2.58. The molecule has 1 fully saturated rings. The van der Waals surface area contributed by atoms with Crippen molar-refractivity contribution in [2.45, 2.75) is 25.4 Å². The van der Waals surface area contributed by atoms with E-state index in [-0.39, 0.29) is 0 Å². The van der Waals surface area contributed by atoms with Gasteiger partial charge in [0, 0.05) is 22.6 Å². The zero-order chi connectivity index (χ0) is 14.7. The van der Waals surface area contributed by atoms with Crippen molar-refractivity contribution >= 4 is 15.9 Å². The normalized spacial score (nSPS) is 18.5. The molecule has 0 bridgehead atoms. The van der Waals surface area contributed by atoms with Crippen LogP contribution in [-0.2, 0) is 6.54 Å². The van der Waals surface area contributed by atoms with Crippen molar-refractivity contribution in [2.24, 2.45) is 0 Å². The van der Waals surface area contributed by atoms with Crippen molar-refractivity contribution in [1.29, 1.82) is 0 Å². The number of benzene rings is 1. The van der Waals surface area contributed by atoms with Crippen LogP contribution in [0.3, 0.4) is 0 Å². The Labute approximate surface area is 134 Å². The highest BCUT2D eigenvalue weighted by molar-refractivity contribution is 9.10. The molecule has 0 amide bonds. The molecule has 1 N–H and O–H groups in total. The summed E-state index contributed by atoms with van der Waals surface area (Å²) < 4.78 is 7.05. The molecular weight excluding hydrogens is 328 g/mol. The number of hydrogen-bond acceptors (Lipinski definition) is 3. The van der Waals surface area contributed by atoms with Crippen LogP contribution in [0.2, 0.25) is 0 Å². The van der Waals surface area contributed by atoms with Gasteiger partial charge in [-0.1, -0.05) is 28.1 Å². The average molecular weight is 349 g/mol. The third-order valence-corrected chi connectivity index (χ3v) is 4.44. The van der Waals surface area contributed by atoms with Crippen LogP contribution in [0.4, 0.5) is 0 Å². The Balaban J connectivity index is 1.60. The molecule has 112 valence electrons. The highest BCUT2D eigenvalue weighted by Crippen LogP contribution is 2.24. The maximum absolute atomic E-state index is 5.97. The highest BCUT2D eigenvalue weighted by atomic mass is 79.9. The van der Waals surface area contributed by atoms with E-state index in [1.807, 2.05) is 12.1 Å². The smallest absolute Gasteiger partial charge is 0.134 e. The molecule has 0 saturated carbocycles. The van der Waals surface area contributed by atoms with E-state index in [2.05, 4.69) is 57.5 Å². The lowest BCUT2D eigenvalue weighted by Gasteiger charge is -2.19. The molecule has 1 aromatic carbocycles. The van der Waals surface area contributed by atoms with Gasteiger partial charge in [0.2, 0.25) is 0 Å². The molecule has 0 radical (unpaired) electrons. The third-order valence-electron chi connectivity index (χ3n) is 3.91. The van der Waals surface area contributed by atoms with E-state index >= 15 is 0 Å². The minimum absolute atomic E-state index is 0.635. The molecule has 1 aliphatic heterocycles. The van der Waals surface area contributed by atoms with Crippen molar-refractivity contribution in [3.05, 3.63) is 46.6 Å². The molecule has 1 atom stereocenters. The number of furan rings is 1. The summed E-state index contributed by atoms with van der Waals surface area (Å²) in [5.41, 5.74) is 1.12. The van der Waals surface area contributed by atoms with Crippen molar-refractivity contribution in [2.75, 3.05) is 20.1 Å². The van der Waals surface area contributed by atoms with Crippen molar-refractivity contribution in [3.63, 3.8) is 0 Å². The Kier molecular flexibility index (Phi) is 4.78. The average Bonchev–Trinajstić information content (AvgIpc) is 3.11. The highest BCUT2D eigenvalue weighted by Gasteiger charge is 2.16. The third kappa shape index (κ3) is 3.96. The maximum atomic E-state index is 5.97. The van der Waals surface area contributed by atoms with Crippen LogP contribution in [0.15, 0.2) is 45.3 Å². The van der Waals surface area contributed by atoms with E-state index in [4.69, 9.17) is 4.42 Å². The van der Waals surface area contributed by atoms with Gasteiger partial charge in [0.25, 0.3) is 0 Å². The van der Waals surface area contributed by atoms with E-state index < -0.39 is 0 Å². The number of nitrogens with one attached hydrogen (secondary N) is 1. The number of hydrogen-bond donors (Lipinski definition) is 1. The predicted octanol–water partition coefficient (Wildman–Crippen LogP) is 3.89. The molecule has 3 rings (SSSR count). The van der Waals surface area contributed by atoms with E-state index in [0.717, 1.165) is 41.2 Å². The first kappa shape index (κ1) is 14.8. The molecule has 3 nitrogen and oxygen atoms in total. The summed E-state index contributed by atoms with van der Waals surface area (Å²) in [6, 6.07) is 13.0. The lowest BCUT2D eigenvalue weighted by Crippen LogP contribution is -2.34. The second-order valence-electron chi connectivity index (χ2n) is 5.76. The number of halogens is 1. The zero-order valence-electron chi connectivity index (χ0n) is 12.3. The van der Waals surface area contributed by atoms with Crippen LogP contribution in [0, 0.1) is 0 Å². The fraction of sp³-hybridized carbons (Fsp3) is 0.412. The van der Waals surface area contributed by atoms with Gasteiger partial charge >= 0.3 is 0 Å². The minimum Gasteiger partial charge on any atom is -0.460 e. The lowest BCUT2D eigenvalue weighted by atomic mass is 10.2. The molecule has 0 aliphatic carbocycles. The first-order chi connectivity index (χ1) is 10.2. The van der Waals surface area contributed by atoms with Crippen molar-refractivity contribution in [3.8, 4) is 11.3 Å². The summed E-state index contributed by atoms with van der Waals surface area (Å²) in [7, 11) is 2.15. The molecule has 2 heterocycles. The van der Waals surface area contributed by atoms with Gasteiger partial charge in [0.15, 0.2) is 0 Å². The molecule has 1 saturated heterocycles. The SMILES string of the molecule is CN(Cc1ccc(-c2ccc(Br)cc2)o1)CC1CCCN1. The molecule has 21 heavy (non-hydrogen) atoms. The van der Waals surface area contributed by atoms with Crippen LogP contribution in [0.25, 0.3) is 11.3 Å². The summed E-state index contributed by atoms with van der Waals surface area (Å²) in [5.74, 6) is 1.96. The summed E-state index contributed by atoms with van der Waals surface area (Å²) >= 11 is 3.45. The molecule has 4 heteroatoms. The standard InChI is InChI=1S/C17H21BrN2O/c1-20(11-15-3-2-10-19-15)12-16-8-9-17(21-16)13-4-6-14(18)7-5-13/h4-9,15,19H,2-3,10-12H2,1H3. The van der Waals surface area contributed by atoms with E-state index in [1.54, 1.807) is 0 Å². The summed E-state index contributed by atoms with van der Waals surface area (Å²) in [5, 5.41) is 3.53. The fourth-order valence-electron chi connectivity index (χ4n) is 2.85. The zero-order valence-corrected chi connectivity index (χ0v) is 13.9. The topological polar surface area (TPSA) is 28.4 Å². The molecule has 2 aromatic rings. The Morgan fingerprint density at radius 3 is 2.76 bits per heavy atom. The maximum Gasteiger partial charge on any atom is 0.134 e. The van der Waals surface area contributed by atoms with Gasteiger partial charge in [-0.25, -0.2) is 0 Å². The molecule has 1 aliphatic rings. The van der Waals surface area contributed by atoms with Crippen LogP contribution in [-0.4, -0.2) is 31.1 Å². The Morgan fingerprint density at radius 2 is 2.05 bits per heavy atom. The van der Waals surface area contributed by atoms with Gasteiger partial charge in [0.05, 0.1) is 6.54 Å². The quantitative estimate of drug-likeness (QED) is 0.888. The van der Waals surface area contributed by atoms with Gasteiger partial charge in [-0.05, 0) is 50.7 Å². The Hall–Kier alpha value is -1.10. The van der Waals surface area contributed by atoms with E-state index in [0.29, 0.717) is 6.04 Å².